The number of carbonyl (C=O) groups is 1. The predicted octanol–water partition coefficient (Wildman–Crippen LogP) is 0.816. The van der Waals surface area contributed by atoms with Crippen LogP contribution in [0.5, 0.6) is 0 Å². The third kappa shape index (κ3) is 2.22. The van der Waals surface area contributed by atoms with E-state index in [2.05, 4.69) is 10.2 Å². The number of carboxylic acids is 1. The molecule has 0 aliphatic carbocycles. The topological polar surface area (TPSA) is 103 Å². The van der Waals surface area contributed by atoms with Gasteiger partial charge in [-0.1, -0.05) is 0 Å². The van der Waals surface area contributed by atoms with Gasteiger partial charge in [-0.3, -0.25) is 9.89 Å². The third-order valence-electron chi connectivity index (χ3n) is 4.28. The second kappa shape index (κ2) is 4.85. The molecule has 2 aliphatic rings. The molecule has 2 saturated heterocycles. The van der Waals surface area contributed by atoms with Crippen LogP contribution < -0.4 is 0 Å². The number of piperidine rings is 1. The molecular formula is C12H17N3O4S. The van der Waals surface area contributed by atoms with Crippen LogP contribution in [0.3, 0.4) is 0 Å². The molecule has 0 aromatic carbocycles. The highest BCUT2D eigenvalue weighted by atomic mass is 32.2. The normalized spacial score (nSPS) is 30.5. The van der Waals surface area contributed by atoms with E-state index in [-0.39, 0.29) is 29.3 Å². The number of fused-ring (bicyclic) bond motifs is 2. The number of H-pyrrole nitrogens is 1. The first-order chi connectivity index (χ1) is 9.48. The van der Waals surface area contributed by atoms with Crippen LogP contribution in [0.15, 0.2) is 17.3 Å². The molecule has 0 spiro atoms. The van der Waals surface area contributed by atoms with Crippen molar-refractivity contribution in [3.63, 3.8) is 0 Å². The first kappa shape index (κ1) is 13.6. The van der Waals surface area contributed by atoms with Crippen LogP contribution in [-0.4, -0.2) is 46.1 Å². The van der Waals surface area contributed by atoms with Crippen molar-refractivity contribution in [2.75, 3.05) is 0 Å². The summed E-state index contributed by atoms with van der Waals surface area (Å²) in [5.74, 6) is -0.721. The molecule has 2 atom stereocenters. The van der Waals surface area contributed by atoms with Crippen molar-refractivity contribution in [2.45, 2.75) is 49.1 Å². The average Bonchev–Trinajstić information content (AvgIpc) is 2.96. The van der Waals surface area contributed by atoms with E-state index in [1.54, 1.807) is 4.31 Å². The Balaban J connectivity index is 1.82. The van der Waals surface area contributed by atoms with Crippen molar-refractivity contribution in [2.24, 2.45) is 5.92 Å². The third-order valence-corrected chi connectivity index (χ3v) is 6.25. The van der Waals surface area contributed by atoms with Gasteiger partial charge in [0.2, 0.25) is 10.0 Å². The van der Waals surface area contributed by atoms with Crippen LogP contribution in [-0.2, 0) is 14.8 Å². The minimum absolute atomic E-state index is 0.0713. The van der Waals surface area contributed by atoms with E-state index in [4.69, 9.17) is 5.11 Å². The molecule has 2 bridgehead atoms. The Morgan fingerprint density at radius 2 is 2.05 bits per heavy atom. The zero-order valence-electron chi connectivity index (χ0n) is 10.9. The van der Waals surface area contributed by atoms with Gasteiger partial charge >= 0.3 is 5.97 Å². The summed E-state index contributed by atoms with van der Waals surface area (Å²) >= 11 is 0. The van der Waals surface area contributed by atoms with E-state index >= 15 is 0 Å². The van der Waals surface area contributed by atoms with Crippen LogP contribution in [0.25, 0.3) is 0 Å². The molecular weight excluding hydrogens is 282 g/mol. The number of nitrogens with one attached hydrogen (secondary N) is 1. The Bertz CT molecular complexity index is 584. The molecule has 1 aromatic rings. The number of sulfonamides is 1. The zero-order valence-corrected chi connectivity index (χ0v) is 11.7. The zero-order chi connectivity index (χ0) is 14.3. The smallest absolute Gasteiger partial charge is 0.303 e. The van der Waals surface area contributed by atoms with Gasteiger partial charge in [-0.15, -0.1) is 0 Å². The Morgan fingerprint density at radius 3 is 2.55 bits per heavy atom. The lowest BCUT2D eigenvalue weighted by molar-refractivity contribution is -0.138. The molecule has 0 amide bonds. The minimum Gasteiger partial charge on any atom is -0.481 e. The number of aromatic amines is 1. The second-order valence-corrected chi connectivity index (χ2v) is 7.43. The van der Waals surface area contributed by atoms with Gasteiger partial charge in [0.15, 0.2) is 0 Å². The summed E-state index contributed by atoms with van der Waals surface area (Å²) in [6.45, 7) is 0. The molecule has 2 unspecified atom stereocenters. The number of carboxylic acid groups (broad SMARTS) is 1. The lowest BCUT2D eigenvalue weighted by atomic mass is 9.90. The van der Waals surface area contributed by atoms with Crippen LogP contribution in [0, 0.1) is 5.92 Å². The van der Waals surface area contributed by atoms with Gasteiger partial charge < -0.3 is 5.11 Å². The first-order valence-corrected chi connectivity index (χ1v) is 8.16. The number of nitrogens with zero attached hydrogens (tertiary/aromatic N) is 2. The maximum atomic E-state index is 12.6. The Hall–Kier alpha value is -1.41. The van der Waals surface area contributed by atoms with E-state index in [1.165, 1.54) is 12.4 Å². The lowest BCUT2D eigenvalue weighted by Crippen LogP contribution is -2.46. The maximum Gasteiger partial charge on any atom is 0.303 e. The summed E-state index contributed by atoms with van der Waals surface area (Å²) in [5, 5.41) is 15.1. The molecule has 7 nitrogen and oxygen atoms in total. The fourth-order valence-corrected chi connectivity index (χ4v) is 5.35. The minimum atomic E-state index is -3.51. The van der Waals surface area contributed by atoms with Gasteiger partial charge in [-0.2, -0.15) is 9.40 Å². The van der Waals surface area contributed by atoms with Crippen molar-refractivity contribution in [1.29, 1.82) is 0 Å². The number of hydrogen-bond acceptors (Lipinski definition) is 4. The summed E-state index contributed by atoms with van der Waals surface area (Å²) < 4.78 is 26.8. The van der Waals surface area contributed by atoms with E-state index in [1.807, 2.05) is 0 Å². The number of aliphatic carboxylic acids is 1. The van der Waals surface area contributed by atoms with Crippen LogP contribution in [0.1, 0.15) is 32.1 Å². The summed E-state index contributed by atoms with van der Waals surface area (Å²) in [4.78, 5) is 11.0. The largest absolute Gasteiger partial charge is 0.481 e. The highest BCUT2D eigenvalue weighted by Crippen LogP contribution is 2.42. The molecule has 3 heterocycles. The number of aromatic nitrogens is 2. The van der Waals surface area contributed by atoms with Crippen molar-refractivity contribution in [3.8, 4) is 0 Å². The van der Waals surface area contributed by atoms with Gasteiger partial charge in [-0.05, 0) is 31.6 Å². The highest BCUT2D eigenvalue weighted by Gasteiger charge is 2.47. The molecule has 1 aromatic heterocycles. The Kier molecular flexibility index (Phi) is 3.29. The van der Waals surface area contributed by atoms with E-state index in [0.717, 1.165) is 12.8 Å². The van der Waals surface area contributed by atoms with Crippen LogP contribution in [0.4, 0.5) is 0 Å². The second-order valence-electron chi connectivity index (χ2n) is 5.59. The summed E-state index contributed by atoms with van der Waals surface area (Å²) in [6.07, 6.45) is 5.75. The average molecular weight is 299 g/mol. The molecule has 2 fully saturated rings. The lowest BCUT2D eigenvalue weighted by Gasteiger charge is -2.37. The molecule has 20 heavy (non-hydrogen) atoms. The van der Waals surface area contributed by atoms with E-state index < -0.39 is 16.0 Å². The standard InChI is InChI=1S/C12H17N3O4S/c16-12(17)5-8-3-9-1-2-10(4-8)15(9)20(18,19)11-6-13-14-7-11/h6-10H,1-5H2,(H,13,14)(H,16,17). The van der Waals surface area contributed by atoms with Crippen LogP contribution >= 0.6 is 0 Å². The van der Waals surface area contributed by atoms with E-state index in [0.29, 0.717) is 12.8 Å². The molecule has 3 rings (SSSR count). The van der Waals surface area contributed by atoms with Gasteiger partial charge in [0, 0.05) is 24.7 Å². The monoisotopic (exact) mass is 299 g/mol. The maximum absolute atomic E-state index is 12.6. The van der Waals surface area contributed by atoms with Gasteiger partial charge in [0.1, 0.15) is 4.90 Å². The first-order valence-electron chi connectivity index (χ1n) is 6.72. The predicted molar refractivity (Wildman–Crippen MR) is 69.4 cm³/mol. The van der Waals surface area contributed by atoms with Gasteiger partial charge in [0.05, 0.1) is 6.20 Å². The Morgan fingerprint density at radius 1 is 1.40 bits per heavy atom. The molecule has 110 valence electrons. The van der Waals surface area contributed by atoms with Gasteiger partial charge in [0.25, 0.3) is 0 Å². The van der Waals surface area contributed by atoms with Gasteiger partial charge in [-0.25, -0.2) is 8.42 Å². The van der Waals surface area contributed by atoms with Crippen LogP contribution in [0.2, 0.25) is 0 Å². The molecule has 8 heteroatoms. The van der Waals surface area contributed by atoms with E-state index in [9.17, 15) is 13.2 Å². The summed E-state index contributed by atoms with van der Waals surface area (Å²) in [7, 11) is -3.51. The van der Waals surface area contributed by atoms with Crippen molar-refractivity contribution in [3.05, 3.63) is 12.4 Å². The fourth-order valence-electron chi connectivity index (χ4n) is 3.55. The summed E-state index contributed by atoms with van der Waals surface area (Å²) in [5.41, 5.74) is 0. The fraction of sp³-hybridized carbons (Fsp3) is 0.667. The number of rotatable bonds is 4. The van der Waals surface area contributed by atoms with Crippen molar-refractivity contribution < 1.29 is 18.3 Å². The Labute approximate surface area is 117 Å². The molecule has 0 radical (unpaired) electrons. The number of hydrogen-bond donors (Lipinski definition) is 2. The van der Waals surface area contributed by atoms with Crippen molar-refractivity contribution in [1.82, 2.24) is 14.5 Å². The summed E-state index contributed by atoms with van der Waals surface area (Å²) in [6, 6.07) is -0.143. The SMILES string of the molecule is O=C(O)CC1CC2CCC(C1)N2S(=O)(=O)c1cn[nH]c1. The molecule has 0 saturated carbocycles. The highest BCUT2D eigenvalue weighted by molar-refractivity contribution is 7.89. The molecule has 2 aliphatic heterocycles. The molecule has 2 N–H and O–H groups in total. The van der Waals surface area contributed by atoms with Crippen molar-refractivity contribution >= 4 is 16.0 Å². The quantitative estimate of drug-likeness (QED) is 0.856.